The van der Waals surface area contributed by atoms with Gasteiger partial charge in [-0.25, -0.2) is 0 Å². The Morgan fingerprint density at radius 1 is 0.833 bits per heavy atom. The minimum atomic E-state index is 0.572. The molecule has 0 aromatic heterocycles. The van der Waals surface area contributed by atoms with Gasteiger partial charge in [-0.3, -0.25) is 0 Å². The fourth-order valence-electron chi connectivity index (χ4n) is 5.30. The smallest absolute Gasteiger partial charge is 0.0189 e. The van der Waals surface area contributed by atoms with E-state index in [1.54, 1.807) is 19.3 Å². The van der Waals surface area contributed by atoms with E-state index in [1.807, 2.05) is 0 Å². The highest BCUT2D eigenvalue weighted by Crippen LogP contribution is 2.55. The van der Waals surface area contributed by atoms with E-state index in [4.69, 9.17) is 5.73 Å². The van der Waals surface area contributed by atoms with Gasteiger partial charge in [-0.1, -0.05) is 12.8 Å². The number of rotatable bonds is 7. The lowest BCUT2D eigenvalue weighted by atomic mass is 9.53. The van der Waals surface area contributed by atoms with Crippen LogP contribution in [0.5, 0.6) is 0 Å². The number of unbranched alkanes of at least 4 members (excludes halogenated alkanes) is 3. The van der Waals surface area contributed by atoms with Crippen molar-refractivity contribution in [2.75, 3.05) is 13.1 Å². The van der Waals surface area contributed by atoms with Crippen LogP contribution in [0.2, 0.25) is 0 Å². The van der Waals surface area contributed by atoms with Crippen LogP contribution in [0.3, 0.4) is 0 Å². The van der Waals surface area contributed by atoms with Crippen molar-refractivity contribution in [1.29, 1.82) is 0 Å². The molecule has 4 rings (SSSR count). The van der Waals surface area contributed by atoms with E-state index >= 15 is 0 Å². The standard InChI is InChI=1S/C16H30N2/c17-5-3-1-2-4-6-18-16-10-13-7-14(11-16)9-15(8-13)12-16/h13-15,18H,1-12,17H2. The number of hydrogen-bond donors (Lipinski definition) is 2. The Bertz CT molecular complexity index is 239. The lowest BCUT2D eigenvalue weighted by Crippen LogP contribution is -2.58. The molecule has 0 aromatic carbocycles. The molecule has 3 N–H and O–H groups in total. The topological polar surface area (TPSA) is 38.0 Å². The quantitative estimate of drug-likeness (QED) is 0.682. The molecule has 4 fully saturated rings. The molecule has 0 unspecified atom stereocenters. The Balaban J connectivity index is 1.42. The molecule has 4 aliphatic rings. The van der Waals surface area contributed by atoms with Crippen molar-refractivity contribution >= 4 is 0 Å². The maximum absolute atomic E-state index is 5.53. The molecule has 0 amide bonds. The monoisotopic (exact) mass is 250 g/mol. The Morgan fingerprint density at radius 3 is 1.94 bits per heavy atom. The SMILES string of the molecule is NCCCCCCNC12CC3CC(CC(C3)C1)C2. The fraction of sp³-hybridized carbons (Fsp3) is 1.00. The van der Waals surface area contributed by atoms with Crippen LogP contribution in [0.25, 0.3) is 0 Å². The van der Waals surface area contributed by atoms with Crippen LogP contribution in [-0.2, 0) is 0 Å². The number of hydrogen-bond acceptors (Lipinski definition) is 2. The van der Waals surface area contributed by atoms with Crippen LogP contribution in [0.1, 0.15) is 64.2 Å². The van der Waals surface area contributed by atoms with E-state index in [2.05, 4.69) is 5.32 Å². The molecule has 18 heavy (non-hydrogen) atoms. The van der Waals surface area contributed by atoms with Gasteiger partial charge in [0.15, 0.2) is 0 Å². The van der Waals surface area contributed by atoms with Gasteiger partial charge in [-0.2, -0.15) is 0 Å². The van der Waals surface area contributed by atoms with Gasteiger partial charge in [0.2, 0.25) is 0 Å². The Morgan fingerprint density at radius 2 is 1.39 bits per heavy atom. The molecule has 0 spiro atoms. The zero-order valence-electron chi connectivity index (χ0n) is 11.8. The molecular weight excluding hydrogens is 220 g/mol. The van der Waals surface area contributed by atoms with Gasteiger partial charge in [-0.05, 0) is 82.2 Å². The van der Waals surface area contributed by atoms with Gasteiger partial charge < -0.3 is 11.1 Å². The summed E-state index contributed by atoms with van der Waals surface area (Å²) in [6, 6.07) is 0. The molecule has 2 nitrogen and oxygen atoms in total. The molecule has 4 aliphatic carbocycles. The summed E-state index contributed by atoms with van der Waals surface area (Å²) in [5.41, 5.74) is 6.10. The van der Waals surface area contributed by atoms with Crippen molar-refractivity contribution in [3.63, 3.8) is 0 Å². The van der Waals surface area contributed by atoms with Gasteiger partial charge in [0.05, 0.1) is 0 Å². The molecule has 2 heteroatoms. The van der Waals surface area contributed by atoms with Crippen LogP contribution in [0, 0.1) is 17.8 Å². The van der Waals surface area contributed by atoms with Crippen LogP contribution in [0.4, 0.5) is 0 Å². The van der Waals surface area contributed by atoms with E-state index in [-0.39, 0.29) is 0 Å². The largest absolute Gasteiger partial charge is 0.330 e. The summed E-state index contributed by atoms with van der Waals surface area (Å²) in [6.07, 6.45) is 14.4. The summed E-state index contributed by atoms with van der Waals surface area (Å²) >= 11 is 0. The summed E-state index contributed by atoms with van der Waals surface area (Å²) in [5, 5.41) is 3.97. The number of nitrogens with one attached hydrogen (secondary N) is 1. The molecule has 4 bridgehead atoms. The predicted octanol–water partition coefficient (Wildman–Crippen LogP) is 3.06. The third-order valence-electron chi connectivity index (χ3n) is 5.67. The first-order valence-corrected chi connectivity index (χ1v) is 8.25. The average Bonchev–Trinajstić information content (AvgIpc) is 2.32. The number of nitrogens with two attached hydrogens (primary N) is 1. The maximum atomic E-state index is 5.53. The average molecular weight is 250 g/mol. The Kier molecular flexibility index (Phi) is 3.95. The molecule has 104 valence electrons. The lowest BCUT2D eigenvalue weighted by molar-refractivity contribution is -0.0196. The van der Waals surface area contributed by atoms with E-state index < -0.39 is 0 Å². The first-order valence-electron chi connectivity index (χ1n) is 8.25. The molecule has 0 heterocycles. The van der Waals surface area contributed by atoms with Crippen molar-refractivity contribution in [2.45, 2.75) is 69.7 Å². The first kappa shape index (κ1) is 12.9. The summed E-state index contributed by atoms with van der Waals surface area (Å²) in [6.45, 7) is 2.11. The fourth-order valence-corrected chi connectivity index (χ4v) is 5.30. The molecule has 0 atom stereocenters. The second-order valence-electron chi connectivity index (χ2n) is 7.33. The summed E-state index contributed by atoms with van der Waals surface area (Å²) in [4.78, 5) is 0. The molecule has 0 saturated heterocycles. The Labute approximate surface area is 112 Å². The van der Waals surface area contributed by atoms with Gasteiger partial charge >= 0.3 is 0 Å². The predicted molar refractivity (Wildman–Crippen MR) is 76.4 cm³/mol. The van der Waals surface area contributed by atoms with E-state index in [1.165, 1.54) is 51.5 Å². The molecular formula is C16H30N2. The summed E-state index contributed by atoms with van der Waals surface area (Å²) < 4.78 is 0. The molecule has 0 aliphatic heterocycles. The van der Waals surface area contributed by atoms with Gasteiger partial charge in [0.1, 0.15) is 0 Å². The maximum Gasteiger partial charge on any atom is 0.0189 e. The normalized spacial score (nSPS) is 41.5. The third-order valence-corrected chi connectivity index (χ3v) is 5.67. The van der Waals surface area contributed by atoms with Gasteiger partial charge in [0.25, 0.3) is 0 Å². The van der Waals surface area contributed by atoms with Crippen molar-refractivity contribution < 1.29 is 0 Å². The van der Waals surface area contributed by atoms with Crippen LogP contribution in [0.15, 0.2) is 0 Å². The second-order valence-corrected chi connectivity index (χ2v) is 7.33. The first-order chi connectivity index (χ1) is 8.80. The van der Waals surface area contributed by atoms with Crippen LogP contribution >= 0.6 is 0 Å². The highest BCUT2D eigenvalue weighted by atomic mass is 15.0. The van der Waals surface area contributed by atoms with Gasteiger partial charge in [0, 0.05) is 5.54 Å². The highest BCUT2D eigenvalue weighted by molar-refractivity contribution is 5.06. The second kappa shape index (κ2) is 5.50. The van der Waals surface area contributed by atoms with E-state index in [0.29, 0.717) is 5.54 Å². The van der Waals surface area contributed by atoms with Crippen LogP contribution in [-0.4, -0.2) is 18.6 Å². The van der Waals surface area contributed by atoms with E-state index in [9.17, 15) is 0 Å². The molecule has 0 aromatic rings. The summed E-state index contributed by atoms with van der Waals surface area (Å²) in [5.74, 6) is 3.21. The van der Waals surface area contributed by atoms with Crippen molar-refractivity contribution in [2.24, 2.45) is 23.5 Å². The lowest BCUT2D eigenvalue weighted by Gasteiger charge is -2.57. The minimum Gasteiger partial charge on any atom is -0.330 e. The highest BCUT2D eigenvalue weighted by Gasteiger charge is 2.50. The van der Waals surface area contributed by atoms with Crippen molar-refractivity contribution in [1.82, 2.24) is 5.32 Å². The van der Waals surface area contributed by atoms with E-state index in [0.717, 1.165) is 24.3 Å². The zero-order valence-corrected chi connectivity index (χ0v) is 11.8. The summed E-state index contributed by atoms with van der Waals surface area (Å²) in [7, 11) is 0. The van der Waals surface area contributed by atoms with Gasteiger partial charge in [-0.15, -0.1) is 0 Å². The zero-order chi connectivity index (χ0) is 12.4. The van der Waals surface area contributed by atoms with Crippen molar-refractivity contribution in [3.05, 3.63) is 0 Å². The van der Waals surface area contributed by atoms with Crippen LogP contribution < -0.4 is 11.1 Å². The molecule has 0 radical (unpaired) electrons. The third kappa shape index (κ3) is 2.75. The molecule has 4 saturated carbocycles. The Hall–Kier alpha value is -0.0800. The minimum absolute atomic E-state index is 0.572. The van der Waals surface area contributed by atoms with Crippen molar-refractivity contribution in [3.8, 4) is 0 Å².